The molecule has 9 heteroatoms. The number of aromatic nitrogens is 2. The van der Waals surface area contributed by atoms with Crippen molar-refractivity contribution >= 4 is 17.3 Å². The van der Waals surface area contributed by atoms with Gasteiger partial charge in [0, 0.05) is 34.9 Å². The van der Waals surface area contributed by atoms with Crippen molar-refractivity contribution in [2.24, 2.45) is 5.11 Å². The lowest BCUT2D eigenvalue weighted by atomic mass is 10.1. The number of ether oxygens (including phenoxy) is 1. The number of rotatable bonds is 8. The molecule has 1 heterocycles. The molecule has 1 aromatic carbocycles. The molecule has 0 saturated carbocycles. The Kier molecular flexibility index (Phi) is 6.97. The van der Waals surface area contributed by atoms with Crippen molar-refractivity contribution in [1.29, 1.82) is 5.53 Å². The van der Waals surface area contributed by atoms with Gasteiger partial charge in [-0.3, -0.25) is 0 Å². The van der Waals surface area contributed by atoms with Gasteiger partial charge in [-0.05, 0) is 29.7 Å². The van der Waals surface area contributed by atoms with Crippen LogP contribution in [0.3, 0.4) is 0 Å². The van der Waals surface area contributed by atoms with Crippen LogP contribution in [0.1, 0.15) is 37.3 Å². The lowest BCUT2D eigenvalue weighted by Gasteiger charge is -2.08. The third kappa shape index (κ3) is 5.45. The second kappa shape index (κ2) is 9.19. The van der Waals surface area contributed by atoms with Gasteiger partial charge in [-0.15, -0.1) is 0 Å². The van der Waals surface area contributed by atoms with Gasteiger partial charge in [-0.2, -0.15) is 5.11 Å². The highest BCUT2D eigenvalue weighted by atomic mass is 35.5. The van der Waals surface area contributed by atoms with E-state index in [1.54, 1.807) is 18.5 Å². The molecule has 0 spiro atoms. The third-order valence-corrected chi connectivity index (χ3v) is 3.79. The molecule has 0 unspecified atom stereocenters. The maximum Gasteiger partial charge on any atom is 0.316 e. The molecule has 2 rings (SSSR count). The predicted molar refractivity (Wildman–Crippen MR) is 94.9 cm³/mol. The Morgan fingerprint density at radius 3 is 2.62 bits per heavy atom. The van der Waals surface area contributed by atoms with Crippen molar-refractivity contribution in [3.8, 4) is 6.01 Å². The molecular weight excluding hydrogens is 364 g/mol. The van der Waals surface area contributed by atoms with E-state index in [9.17, 15) is 8.78 Å². The molecule has 0 fully saturated rings. The maximum atomic E-state index is 12.8. The first-order valence-corrected chi connectivity index (χ1v) is 8.14. The molecule has 0 aliphatic rings. The first kappa shape index (κ1) is 19.7. The van der Waals surface area contributed by atoms with Gasteiger partial charge >= 0.3 is 6.01 Å². The Hall–Kier alpha value is -2.61. The molecule has 0 aliphatic carbocycles. The van der Waals surface area contributed by atoms with Crippen LogP contribution in [0.15, 0.2) is 47.6 Å². The Morgan fingerprint density at radius 2 is 2.04 bits per heavy atom. The largest absolute Gasteiger partial charge is 0.457 e. The number of hydrogen-bond acceptors (Lipinski definition) is 6. The van der Waals surface area contributed by atoms with Crippen LogP contribution in [0, 0.1) is 5.53 Å². The highest BCUT2D eigenvalue weighted by molar-refractivity contribution is 6.31. The van der Waals surface area contributed by atoms with E-state index in [0.717, 1.165) is 5.56 Å². The Balaban J connectivity index is 1.99. The van der Waals surface area contributed by atoms with E-state index in [-0.39, 0.29) is 28.9 Å². The van der Waals surface area contributed by atoms with E-state index in [0.29, 0.717) is 11.6 Å². The lowest BCUT2D eigenvalue weighted by Crippen LogP contribution is -2.05. The van der Waals surface area contributed by atoms with Crippen LogP contribution in [0.4, 0.5) is 14.5 Å². The summed E-state index contributed by atoms with van der Waals surface area (Å²) in [4.78, 5) is 8.17. The molecule has 138 valence electrons. The Morgan fingerprint density at radius 1 is 1.35 bits per heavy atom. The fourth-order valence-electron chi connectivity index (χ4n) is 1.91. The molecule has 0 atom stereocenters. The van der Waals surface area contributed by atoms with E-state index < -0.39 is 6.43 Å². The van der Waals surface area contributed by atoms with E-state index in [4.69, 9.17) is 21.9 Å². The summed E-state index contributed by atoms with van der Waals surface area (Å²) in [6.45, 7) is 4.01. The van der Waals surface area contributed by atoms with E-state index in [2.05, 4.69) is 20.4 Å². The summed E-state index contributed by atoms with van der Waals surface area (Å²) >= 11 is 5.72. The van der Waals surface area contributed by atoms with E-state index >= 15 is 0 Å². The van der Waals surface area contributed by atoms with Crippen LogP contribution in [0.2, 0.25) is 5.02 Å². The summed E-state index contributed by atoms with van der Waals surface area (Å²) in [5, 5.41) is 6.11. The molecule has 0 amide bonds. The molecule has 2 N–H and O–H groups in total. The normalized spacial score (nSPS) is 11.7. The van der Waals surface area contributed by atoms with Crippen molar-refractivity contribution in [2.45, 2.75) is 26.2 Å². The zero-order chi connectivity index (χ0) is 19.1. The fourth-order valence-corrected chi connectivity index (χ4v) is 2.11. The highest BCUT2D eigenvalue weighted by Crippen LogP contribution is 2.29. The summed E-state index contributed by atoms with van der Waals surface area (Å²) in [5.41, 5.74) is 8.51. The van der Waals surface area contributed by atoms with Crippen molar-refractivity contribution in [1.82, 2.24) is 9.97 Å². The molecule has 2 aromatic rings. The van der Waals surface area contributed by atoms with E-state index in [1.807, 2.05) is 13.8 Å². The first-order chi connectivity index (χ1) is 12.4. The molecule has 0 saturated heterocycles. The van der Waals surface area contributed by atoms with Gasteiger partial charge in [0.25, 0.3) is 6.43 Å². The number of benzene rings is 1. The fraction of sp³-hybridized carbons (Fsp3) is 0.294. The summed E-state index contributed by atoms with van der Waals surface area (Å²) in [6, 6.07) is 4.31. The first-order valence-electron chi connectivity index (χ1n) is 7.76. The maximum absolute atomic E-state index is 12.8. The average molecular weight is 382 g/mol. The minimum Gasteiger partial charge on any atom is -0.457 e. The number of halogens is 3. The average Bonchev–Trinajstić information content (AvgIpc) is 2.63. The zero-order valence-corrected chi connectivity index (χ0v) is 15.0. The minimum atomic E-state index is -2.68. The van der Waals surface area contributed by atoms with Crippen LogP contribution in [-0.2, 0) is 0 Å². The highest BCUT2D eigenvalue weighted by Gasteiger charge is 2.12. The summed E-state index contributed by atoms with van der Waals surface area (Å²) in [5.74, 6) is 0.310. The molecular formula is C17H18ClF2N5O. The van der Waals surface area contributed by atoms with Crippen molar-refractivity contribution in [2.75, 3.05) is 11.9 Å². The van der Waals surface area contributed by atoms with Crippen molar-refractivity contribution in [3.63, 3.8) is 0 Å². The predicted octanol–water partition coefficient (Wildman–Crippen LogP) is 5.55. The third-order valence-electron chi connectivity index (χ3n) is 3.44. The van der Waals surface area contributed by atoms with Crippen molar-refractivity contribution in [3.05, 3.63) is 58.6 Å². The SMILES string of the molecule is CC(C)c1cnc(OC/C(=C/Nc2ccc(Cl)c(C(F)F)c2)N=N)nc1. The van der Waals surface area contributed by atoms with Crippen LogP contribution in [-0.4, -0.2) is 16.6 Å². The molecule has 0 bridgehead atoms. The topological polar surface area (TPSA) is 83.2 Å². The molecule has 0 aliphatic heterocycles. The van der Waals surface area contributed by atoms with Crippen LogP contribution >= 0.6 is 11.6 Å². The van der Waals surface area contributed by atoms with Gasteiger partial charge in [-0.1, -0.05) is 25.4 Å². The molecule has 0 radical (unpaired) electrons. The van der Waals surface area contributed by atoms with Crippen LogP contribution in [0.25, 0.3) is 0 Å². The second-order valence-corrected chi connectivity index (χ2v) is 6.08. The van der Waals surface area contributed by atoms with Crippen molar-refractivity contribution < 1.29 is 13.5 Å². The minimum absolute atomic E-state index is 0.00902. The molecule has 6 nitrogen and oxygen atoms in total. The quantitative estimate of drug-likeness (QED) is 0.587. The molecule has 1 aromatic heterocycles. The number of hydrogen-bond donors (Lipinski definition) is 2. The number of nitrogens with one attached hydrogen (secondary N) is 2. The summed E-state index contributed by atoms with van der Waals surface area (Å²) < 4.78 is 31.1. The van der Waals surface area contributed by atoms with Gasteiger partial charge in [-0.25, -0.2) is 24.3 Å². The zero-order valence-electron chi connectivity index (χ0n) is 14.2. The second-order valence-electron chi connectivity index (χ2n) is 5.67. The van der Waals surface area contributed by atoms with Gasteiger partial charge in [0.15, 0.2) is 0 Å². The Bertz CT molecular complexity index is 781. The smallest absolute Gasteiger partial charge is 0.316 e. The van der Waals surface area contributed by atoms with Crippen LogP contribution in [0.5, 0.6) is 6.01 Å². The summed E-state index contributed by atoms with van der Waals surface area (Å²) in [6.07, 6.45) is 2.05. The van der Waals surface area contributed by atoms with Gasteiger partial charge < -0.3 is 10.1 Å². The monoisotopic (exact) mass is 381 g/mol. The summed E-state index contributed by atoms with van der Waals surface area (Å²) in [7, 11) is 0. The number of nitrogens with zero attached hydrogens (tertiary/aromatic N) is 3. The molecule has 26 heavy (non-hydrogen) atoms. The number of alkyl halides is 2. The Labute approximate surface area is 154 Å². The van der Waals surface area contributed by atoms with Gasteiger partial charge in [0.05, 0.1) is 0 Å². The number of anilines is 1. The lowest BCUT2D eigenvalue weighted by molar-refractivity contribution is 0.151. The van der Waals surface area contributed by atoms with Gasteiger partial charge in [0.2, 0.25) is 0 Å². The van der Waals surface area contributed by atoms with E-state index in [1.165, 1.54) is 18.3 Å². The van der Waals surface area contributed by atoms with Crippen LogP contribution < -0.4 is 10.1 Å². The standard InChI is InChI=1S/C17H18ClF2N5O/c1-10(2)11-6-23-17(24-7-11)26-9-13(25-21)8-22-12-3-4-15(18)14(5-12)16(19)20/h3-8,10,16,21-22H,9H2,1-2H3/b13-8-,25-21?. The van der Waals surface area contributed by atoms with Gasteiger partial charge in [0.1, 0.15) is 12.3 Å².